The molecule has 0 aromatic carbocycles. The molecular formula is C13H22BrNS2. The van der Waals surface area contributed by atoms with Crippen molar-refractivity contribution in [2.24, 2.45) is 5.92 Å². The lowest BCUT2D eigenvalue weighted by molar-refractivity contribution is 0.576. The van der Waals surface area contributed by atoms with E-state index in [1.165, 1.54) is 22.2 Å². The maximum absolute atomic E-state index is 3.64. The zero-order valence-electron chi connectivity index (χ0n) is 10.8. The highest BCUT2D eigenvalue weighted by Crippen LogP contribution is 2.29. The molecule has 1 nitrogen and oxygen atoms in total. The largest absolute Gasteiger partial charge is 0.309 e. The highest BCUT2D eigenvalue weighted by atomic mass is 79.9. The van der Waals surface area contributed by atoms with Crippen LogP contribution in [0.1, 0.15) is 38.8 Å². The van der Waals surface area contributed by atoms with E-state index in [4.69, 9.17) is 0 Å². The highest BCUT2D eigenvalue weighted by molar-refractivity contribution is 9.10. The van der Waals surface area contributed by atoms with E-state index in [0.29, 0.717) is 6.04 Å². The molecule has 1 N–H and O–H groups in total. The molecule has 17 heavy (non-hydrogen) atoms. The van der Waals surface area contributed by atoms with Crippen molar-refractivity contribution < 1.29 is 0 Å². The summed E-state index contributed by atoms with van der Waals surface area (Å²) in [5.41, 5.74) is 1.42. The van der Waals surface area contributed by atoms with Gasteiger partial charge in [0, 0.05) is 21.6 Å². The molecule has 0 spiro atoms. The van der Waals surface area contributed by atoms with Crippen LogP contribution in [0.15, 0.2) is 15.2 Å². The Morgan fingerprint density at radius 3 is 2.65 bits per heavy atom. The van der Waals surface area contributed by atoms with Gasteiger partial charge >= 0.3 is 0 Å². The second kappa shape index (κ2) is 8.57. The number of thiophene rings is 1. The fraction of sp³-hybridized carbons (Fsp3) is 0.692. The van der Waals surface area contributed by atoms with Crippen LogP contribution in [0.5, 0.6) is 0 Å². The molecule has 1 heterocycles. The third kappa shape index (κ3) is 5.77. The van der Waals surface area contributed by atoms with E-state index in [1.54, 1.807) is 11.3 Å². The highest BCUT2D eigenvalue weighted by Gasteiger charge is 2.14. The van der Waals surface area contributed by atoms with Crippen LogP contribution in [-0.4, -0.2) is 18.1 Å². The molecule has 0 saturated carbocycles. The van der Waals surface area contributed by atoms with Gasteiger partial charge in [0.15, 0.2) is 0 Å². The third-order valence-electron chi connectivity index (χ3n) is 2.39. The first-order chi connectivity index (χ1) is 8.15. The summed E-state index contributed by atoms with van der Waals surface area (Å²) in [5.74, 6) is 3.18. The van der Waals surface area contributed by atoms with E-state index in [-0.39, 0.29) is 0 Å². The molecule has 1 aromatic heterocycles. The Hall–Kier alpha value is 0.490. The SMILES string of the molecule is CCCNC(CSCC(C)C)c1cscc1Br. The fourth-order valence-corrected chi connectivity index (χ4v) is 4.31. The van der Waals surface area contributed by atoms with Gasteiger partial charge in [-0.05, 0) is 51.5 Å². The molecule has 1 rings (SSSR count). The zero-order chi connectivity index (χ0) is 12.7. The van der Waals surface area contributed by atoms with Gasteiger partial charge in [-0.15, -0.1) is 0 Å². The second-order valence-corrected chi connectivity index (χ2v) is 7.29. The Morgan fingerprint density at radius 1 is 1.35 bits per heavy atom. The topological polar surface area (TPSA) is 12.0 Å². The number of hydrogen-bond acceptors (Lipinski definition) is 3. The molecule has 0 aliphatic heterocycles. The van der Waals surface area contributed by atoms with Crippen molar-refractivity contribution in [2.75, 3.05) is 18.1 Å². The summed E-state index contributed by atoms with van der Waals surface area (Å²) < 4.78 is 1.25. The van der Waals surface area contributed by atoms with E-state index in [1.807, 2.05) is 11.8 Å². The fourth-order valence-electron chi connectivity index (χ4n) is 1.54. The molecule has 0 bridgehead atoms. The molecule has 0 amide bonds. The lowest BCUT2D eigenvalue weighted by Crippen LogP contribution is -2.24. The van der Waals surface area contributed by atoms with Crippen molar-refractivity contribution in [3.05, 3.63) is 20.8 Å². The molecule has 0 aliphatic rings. The maximum atomic E-state index is 3.64. The summed E-state index contributed by atoms with van der Waals surface area (Å²) in [6.45, 7) is 7.87. The molecule has 1 aromatic rings. The molecule has 0 saturated heterocycles. The summed E-state index contributed by atoms with van der Waals surface area (Å²) in [4.78, 5) is 0. The van der Waals surface area contributed by atoms with Crippen LogP contribution in [0.25, 0.3) is 0 Å². The van der Waals surface area contributed by atoms with Crippen LogP contribution in [0, 0.1) is 5.92 Å². The van der Waals surface area contributed by atoms with Crippen LogP contribution in [-0.2, 0) is 0 Å². The normalized spacial score (nSPS) is 13.2. The lowest BCUT2D eigenvalue weighted by Gasteiger charge is -2.18. The maximum Gasteiger partial charge on any atom is 0.0431 e. The molecular weight excluding hydrogens is 314 g/mol. The van der Waals surface area contributed by atoms with E-state index in [9.17, 15) is 0 Å². The van der Waals surface area contributed by atoms with Crippen molar-refractivity contribution in [1.82, 2.24) is 5.32 Å². The lowest BCUT2D eigenvalue weighted by atomic mass is 10.2. The van der Waals surface area contributed by atoms with Crippen LogP contribution < -0.4 is 5.32 Å². The Bertz CT molecular complexity index is 312. The smallest absolute Gasteiger partial charge is 0.0431 e. The zero-order valence-corrected chi connectivity index (χ0v) is 14.1. The summed E-state index contributed by atoms with van der Waals surface area (Å²) in [6, 6.07) is 0.485. The van der Waals surface area contributed by atoms with Gasteiger partial charge in [0.2, 0.25) is 0 Å². The molecule has 0 aliphatic carbocycles. The third-order valence-corrected chi connectivity index (χ3v) is 5.62. The van der Waals surface area contributed by atoms with Crippen molar-refractivity contribution >= 4 is 39.0 Å². The first kappa shape index (κ1) is 15.5. The Kier molecular flexibility index (Phi) is 7.84. The molecule has 0 radical (unpaired) electrons. The van der Waals surface area contributed by atoms with Gasteiger partial charge in [-0.2, -0.15) is 23.1 Å². The van der Waals surface area contributed by atoms with Crippen molar-refractivity contribution in [1.29, 1.82) is 0 Å². The van der Waals surface area contributed by atoms with Gasteiger partial charge in [0.25, 0.3) is 0 Å². The molecule has 0 fully saturated rings. The van der Waals surface area contributed by atoms with Crippen molar-refractivity contribution in [3.63, 3.8) is 0 Å². The summed E-state index contributed by atoms with van der Waals surface area (Å²) >= 11 is 7.46. The van der Waals surface area contributed by atoms with Gasteiger partial charge in [0.05, 0.1) is 0 Å². The second-order valence-electron chi connectivity index (χ2n) is 4.61. The number of halogens is 1. The van der Waals surface area contributed by atoms with Gasteiger partial charge in [-0.1, -0.05) is 20.8 Å². The minimum absolute atomic E-state index is 0.485. The molecule has 98 valence electrons. The van der Waals surface area contributed by atoms with Gasteiger partial charge in [-0.25, -0.2) is 0 Å². The molecule has 4 heteroatoms. The Labute approximate surface area is 122 Å². The number of thioether (sulfide) groups is 1. The van der Waals surface area contributed by atoms with Crippen molar-refractivity contribution in [3.8, 4) is 0 Å². The van der Waals surface area contributed by atoms with Gasteiger partial charge in [-0.3, -0.25) is 0 Å². The summed E-state index contributed by atoms with van der Waals surface area (Å²) in [7, 11) is 0. The number of rotatable bonds is 8. The first-order valence-corrected chi connectivity index (χ1v) is 9.06. The Morgan fingerprint density at radius 2 is 2.12 bits per heavy atom. The Balaban J connectivity index is 2.52. The van der Waals surface area contributed by atoms with Crippen LogP contribution in [0.2, 0.25) is 0 Å². The van der Waals surface area contributed by atoms with Crippen molar-refractivity contribution in [2.45, 2.75) is 33.2 Å². The van der Waals surface area contributed by atoms with Crippen LogP contribution in [0.4, 0.5) is 0 Å². The van der Waals surface area contributed by atoms with Crippen LogP contribution >= 0.6 is 39.0 Å². The van der Waals surface area contributed by atoms with E-state index in [2.05, 4.69) is 52.8 Å². The van der Waals surface area contributed by atoms with Crippen LogP contribution in [0.3, 0.4) is 0 Å². The van der Waals surface area contributed by atoms with E-state index in [0.717, 1.165) is 18.2 Å². The van der Waals surface area contributed by atoms with Gasteiger partial charge < -0.3 is 5.32 Å². The standard InChI is InChI=1S/C13H22BrNS2/c1-4-5-15-13(9-16-6-10(2)3)11-7-17-8-12(11)14/h7-8,10,13,15H,4-6,9H2,1-3H3. The first-order valence-electron chi connectivity index (χ1n) is 6.17. The minimum atomic E-state index is 0.485. The molecule has 1 atom stereocenters. The number of nitrogens with one attached hydrogen (secondary N) is 1. The number of hydrogen-bond donors (Lipinski definition) is 1. The quantitative estimate of drug-likeness (QED) is 0.721. The van der Waals surface area contributed by atoms with E-state index >= 15 is 0 Å². The predicted octanol–water partition coefficient (Wildman–Crippen LogP) is 4.94. The van der Waals surface area contributed by atoms with E-state index < -0.39 is 0 Å². The average molecular weight is 336 g/mol. The predicted molar refractivity (Wildman–Crippen MR) is 85.2 cm³/mol. The summed E-state index contributed by atoms with van der Waals surface area (Å²) in [6.07, 6.45) is 1.19. The summed E-state index contributed by atoms with van der Waals surface area (Å²) in [5, 5.41) is 8.07. The minimum Gasteiger partial charge on any atom is -0.309 e. The molecule has 1 unspecified atom stereocenters. The monoisotopic (exact) mass is 335 g/mol. The van der Waals surface area contributed by atoms with Gasteiger partial charge in [0.1, 0.15) is 0 Å². The average Bonchev–Trinajstić information content (AvgIpc) is 2.69.